The molecular formula is C14H22N2O4S. The van der Waals surface area contributed by atoms with E-state index in [-0.39, 0.29) is 16.8 Å². The molecule has 1 aromatic rings. The van der Waals surface area contributed by atoms with E-state index in [1.165, 1.54) is 35.6 Å². The van der Waals surface area contributed by atoms with Gasteiger partial charge in [0.05, 0.1) is 11.5 Å². The Labute approximate surface area is 126 Å². The third-order valence-corrected chi connectivity index (χ3v) is 5.16. The van der Waals surface area contributed by atoms with Crippen LogP contribution in [0.2, 0.25) is 0 Å². The Morgan fingerprint density at radius 3 is 2.33 bits per heavy atom. The average Bonchev–Trinajstić information content (AvgIpc) is 2.46. The third-order valence-electron chi connectivity index (χ3n) is 3.11. The fraction of sp³-hybridized carbons (Fsp3) is 0.500. The summed E-state index contributed by atoms with van der Waals surface area (Å²) in [5, 5.41) is 2.68. The molecule has 0 saturated heterocycles. The zero-order chi connectivity index (χ0) is 16.0. The Balaban J connectivity index is 2.85. The standard InChI is InChI=1S/C14H22N2O4S/c1-11(2)16(3)21(18,19)13-7-5-12(6-8-13)14(17)15-9-10-20-4/h5-8,11H,9-10H2,1-4H3,(H,15,17). The van der Waals surface area contributed by atoms with Crippen molar-refractivity contribution in [2.45, 2.75) is 24.8 Å². The van der Waals surface area contributed by atoms with Gasteiger partial charge in [-0.05, 0) is 38.1 Å². The van der Waals surface area contributed by atoms with Gasteiger partial charge >= 0.3 is 0 Å². The Morgan fingerprint density at radius 2 is 1.86 bits per heavy atom. The minimum Gasteiger partial charge on any atom is -0.383 e. The summed E-state index contributed by atoms with van der Waals surface area (Å²) in [5.41, 5.74) is 0.414. The summed E-state index contributed by atoms with van der Waals surface area (Å²) in [6.07, 6.45) is 0. The van der Waals surface area contributed by atoms with E-state index >= 15 is 0 Å². The molecule has 0 aliphatic rings. The van der Waals surface area contributed by atoms with Gasteiger partial charge in [0.2, 0.25) is 10.0 Å². The van der Waals surface area contributed by atoms with Gasteiger partial charge in [-0.25, -0.2) is 8.42 Å². The molecule has 0 spiro atoms. The van der Waals surface area contributed by atoms with Crippen molar-refractivity contribution in [2.75, 3.05) is 27.3 Å². The number of amides is 1. The molecule has 6 nitrogen and oxygen atoms in total. The van der Waals surface area contributed by atoms with Crippen molar-refractivity contribution in [3.8, 4) is 0 Å². The predicted molar refractivity (Wildman–Crippen MR) is 80.7 cm³/mol. The lowest BCUT2D eigenvalue weighted by Crippen LogP contribution is -2.33. The van der Waals surface area contributed by atoms with Crippen LogP contribution in [0.3, 0.4) is 0 Å². The van der Waals surface area contributed by atoms with Gasteiger partial charge in [-0.15, -0.1) is 0 Å². The molecule has 0 bridgehead atoms. The first-order chi connectivity index (χ1) is 9.80. The quantitative estimate of drug-likeness (QED) is 0.765. The van der Waals surface area contributed by atoms with Gasteiger partial charge in [0.15, 0.2) is 0 Å². The van der Waals surface area contributed by atoms with Crippen molar-refractivity contribution in [1.29, 1.82) is 0 Å². The van der Waals surface area contributed by atoms with Gasteiger partial charge in [0.1, 0.15) is 0 Å². The first kappa shape index (κ1) is 17.6. The second kappa shape index (κ2) is 7.53. The summed E-state index contributed by atoms with van der Waals surface area (Å²) in [4.78, 5) is 12.0. The highest BCUT2D eigenvalue weighted by Crippen LogP contribution is 2.17. The van der Waals surface area contributed by atoms with E-state index in [1.54, 1.807) is 21.0 Å². The molecule has 1 amide bonds. The number of nitrogens with zero attached hydrogens (tertiary/aromatic N) is 1. The summed E-state index contributed by atoms with van der Waals surface area (Å²) in [5.74, 6) is -0.256. The van der Waals surface area contributed by atoms with Crippen molar-refractivity contribution in [2.24, 2.45) is 0 Å². The summed E-state index contributed by atoms with van der Waals surface area (Å²) in [6.45, 7) is 4.44. The molecule has 0 aromatic heterocycles. The summed E-state index contributed by atoms with van der Waals surface area (Å²) in [7, 11) is -0.434. The van der Waals surface area contributed by atoms with Gasteiger partial charge in [0, 0.05) is 32.3 Å². The number of sulfonamides is 1. The first-order valence-corrected chi connectivity index (χ1v) is 8.10. The molecule has 1 aromatic carbocycles. The molecule has 0 aliphatic carbocycles. The molecule has 1 rings (SSSR count). The molecule has 1 N–H and O–H groups in total. The van der Waals surface area contributed by atoms with Crippen LogP contribution in [0.4, 0.5) is 0 Å². The number of benzene rings is 1. The molecule has 0 radical (unpaired) electrons. The lowest BCUT2D eigenvalue weighted by Gasteiger charge is -2.21. The largest absolute Gasteiger partial charge is 0.383 e. The molecule has 0 saturated carbocycles. The number of hydrogen-bond donors (Lipinski definition) is 1. The van der Waals surface area contributed by atoms with E-state index in [9.17, 15) is 13.2 Å². The van der Waals surface area contributed by atoms with Crippen molar-refractivity contribution >= 4 is 15.9 Å². The van der Waals surface area contributed by atoms with E-state index in [4.69, 9.17) is 4.74 Å². The molecule has 7 heteroatoms. The van der Waals surface area contributed by atoms with Gasteiger partial charge in [0.25, 0.3) is 5.91 Å². The van der Waals surface area contributed by atoms with Crippen molar-refractivity contribution < 1.29 is 17.9 Å². The van der Waals surface area contributed by atoms with Crippen LogP contribution in [0.1, 0.15) is 24.2 Å². The molecule has 118 valence electrons. The number of hydrogen-bond acceptors (Lipinski definition) is 4. The van der Waals surface area contributed by atoms with Crippen LogP contribution in [0.5, 0.6) is 0 Å². The zero-order valence-electron chi connectivity index (χ0n) is 12.8. The average molecular weight is 314 g/mol. The van der Waals surface area contributed by atoms with Crippen molar-refractivity contribution in [3.63, 3.8) is 0 Å². The van der Waals surface area contributed by atoms with Crippen molar-refractivity contribution in [3.05, 3.63) is 29.8 Å². The maximum Gasteiger partial charge on any atom is 0.251 e. The molecule has 0 atom stereocenters. The van der Waals surface area contributed by atoms with Gasteiger partial charge < -0.3 is 10.1 Å². The number of ether oxygens (including phenoxy) is 1. The summed E-state index contributed by atoms with van der Waals surface area (Å²) < 4.78 is 30.7. The van der Waals surface area contributed by atoms with E-state index in [2.05, 4.69) is 5.32 Å². The van der Waals surface area contributed by atoms with E-state index < -0.39 is 10.0 Å². The first-order valence-electron chi connectivity index (χ1n) is 6.66. The van der Waals surface area contributed by atoms with Crippen LogP contribution in [0.15, 0.2) is 29.2 Å². The van der Waals surface area contributed by atoms with Gasteiger partial charge in [-0.2, -0.15) is 4.31 Å². The molecule has 0 heterocycles. The second-order valence-corrected chi connectivity index (χ2v) is 6.89. The second-order valence-electron chi connectivity index (χ2n) is 4.89. The molecular weight excluding hydrogens is 292 g/mol. The van der Waals surface area contributed by atoms with Crippen molar-refractivity contribution in [1.82, 2.24) is 9.62 Å². The Bertz CT molecular complexity index is 567. The SMILES string of the molecule is COCCNC(=O)c1ccc(S(=O)(=O)N(C)C(C)C)cc1. The fourth-order valence-corrected chi connectivity index (χ4v) is 2.96. The number of methoxy groups -OCH3 is 1. The molecule has 0 unspecified atom stereocenters. The number of nitrogens with one attached hydrogen (secondary N) is 1. The smallest absolute Gasteiger partial charge is 0.251 e. The maximum absolute atomic E-state index is 12.3. The summed E-state index contributed by atoms with van der Waals surface area (Å²) in [6, 6.07) is 5.76. The summed E-state index contributed by atoms with van der Waals surface area (Å²) >= 11 is 0. The highest BCUT2D eigenvalue weighted by Gasteiger charge is 2.23. The predicted octanol–water partition coefficient (Wildman–Crippen LogP) is 1.09. The molecule has 0 fully saturated rings. The lowest BCUT2D eigenvalue weighted by molar-refractivity contribution is 0.0937. The normalized spacial score (nSPS) is 11.9. The van der Waals surface area contributed by atoms with Crippen LogP contribution < -0.4 is 5.32 Å². The van der Waals surface area contributed by atoms with E-state index in [1.807, 2.05) is 0 Å². The minimum atomic E-state index is -3.52. The van der Waals surface area contributed by atoms with E-state index in [0.29, 0.717) is 18.7 Å². The third kappa shape index (κ3) is 4.52. The highest BCUT2D eigenvalue weighted by atomic mass is 32.2. The number of carbonyl (C=O) groups is 1. The van der Waals surface area contributed by atoms with Crippen LogP contribution in [-0.2, 0) is 14.8 Å². The topological polar surface area (TPSA) is 75.7 Å². The Hall–Kier alpha value is -1.44. The zero-order valence-corrected chi connectivity index (χ0v) is 13.6. The Morgan fingerprint density at radius 1 is 1.29 bits per heavy atom. The maximum atomic E-state index is 12.3. The Kier molecular flexibility index (Phi) is 6.32. The highest BCUT2D eigenvalue weighted by molar-refractivity contribution is 7.89. The minimum absolute atomic E-state index is 0.132. The fourth-order valence-electron chi connectivity index (χ4n) is 1.59. The van der Waals surface area contributed by atoms with Crippen LogP contribution in [-0.4, -0.2) is 52.0 Å². The van der Waals surface area contributed by atoms with Crippen LogP contribution in [0, 0.1) is 0 Å². The number of rotatable bonds is 7. The van der Waals surface area contributed by atoms with Gasteiger partial charge in [-0.3, -0.25) is 4.79 Å². The van der Waals surface area contributed by atoms with Gasteiger partial charge in [-0.1, -0.05) is 0 Å². The van der Waals surface area contributed by atoms with E-state index in [0.717, 1.165) is 0 Å². The molecule has 21 heavy (non-hydrogen) atoms. The number of carbonyl (C=O) groups excluding carboxylic acids is 1. The molecule has 0 aliphatic heterocycles. The van der Waals surface area contributed by atoms with Crippen LogP contribution in [0.25, 0.3) is 0 Å². The monoisotopic (exact) mass is 314 g/mol. The van der Waals surface area contributed by atoms with Crippen LogP contribution >= 0.6 is 0 Å². The lowest BCUT2D eigenvalue weighted by atomic mass is 10.2.